The van der Waals surface area contributed by atoms with Crippen LogP contribution in [0.5, 0.6) is 11.5 Å². The highest BCUT2D eigenvalue weighted by Crippen LogP contribution is 2.34. The van der Waals surface area contributed by atoms with Gasteiger partial charge in [0.05, 0.1) is 26.0 Å². The molecule has 9 heteroatoms. The zero-order chi connectivity index (χ0) is 18.1. The van der Waals surface area contributed by atoms with Gasteiger partial charge in [-0.3, -0.25) is 0 Å². The summed E-state index contributed by atoms with van der Waals surface area (Å²) >= 11 is 0. The number of nitrogens with zero attached hydrogens (tertiary/aromatic N) is 4. The molecule has 1 saturated heterocycles. The molecule has 27 heavy (non-hydrogen) atoms. The second-order valence-electron chi connectivity index (χ2n) is 6.06. The van der Waals surface area contributed by atoms with Gasteiger partial charge in [-0.1, -0.05) is 0 Å². The average Bonchev–Trinajstić information content (AvgIpc) is 3.22. The molecule has 8 nitrogen and oxygen atoms in total. The van der Waals surface area contributed by atoms with E-state index < -0.39 is 0 Å². The zero-order valence-corrected chi connectivity index (χ0v) is 16.0. The molecule has 0 bridgehead atoms. The first-order chi connectivity index (χ1) is 12.7. The highest BCUT2D eigenvalue weighted by Gasteiger charge is 2.22. The number of methoxy groups -OCH3 is 2. The van der Waals surface area contributed by atoms with Crippen LogP contribution in [0.3, 0.4) is 0 Å². The number of nitrogens with two attached hydrogens (primary N) is 1. The van der Waals surface area contributed by atoms with Gasteiger partial charge in [0, 0.05) is 43.7 Å². The van der Waals surface area contributed by atoms with Gasteiger partial charge >= 0.3 is 0 Å². The molecule has 0 amide bonds. The molecule has 0 spiro atoms. The lowest BCUT2D eigenvalue weighted by atomic mass is 10.2. The number of anilines is 3. The van der Waals surface area contributed by atoms with E-state index in [4.69, 9.17) is 19.6 Å². The molecule has 1 aliphatic heterocycles. The Labute approximate surface area is 163 Å². The zero-order valence-electron chi connectivity index (χ0n) is 15.2. The largest absolute Gasteiger partial charge is 0.493 e. The van der Waals surface area contributed by atoms with Gasteiger partial charge < -0.3 is 29.4 Å². The fourth-order valence-electron chi connectivity index (χ4n) is 3.18. The number of furan rings is 1. The summed E-state index contributed by atoms with van der Waals surface area (Å²) < 4.78 is 16.2. The quantitative estimate of drug-likeness (QED) is 0.725. The molecule has 144 valence electrons. The van der Waals surface area contributed by atoms with Gasteiger partial charge in [0.25, 0.3) is 0 Å². The van der Waals surface area contributed by atoms with E-state index in [0.29, 0.717) is 23.3 Å². The highest BCUT2D eigenvalue weighted by atomic mass is 35.5. The van der Waals surface area contributed by atoms with Crippen LogP contribution >= 0.6 is 12.4 Å². The van der Waals surface area contributed by atoms with Crippen molar-refractivity contribution in [2.24, 2.45) is 0 Å². The summed E-state index contributed by atoms with van der Waals surface area (Å²) in [5.74, 6) is 3.17. The molecule has 4 rings (SSSR count). The second-order valence-corrected chi connectivity index (χ2v) is 6.06. The summed E-state index contributed by atoms with van der Waals surface area (Å²) in [4.78, 5) is 13.5. The van der Waals surface area contributed by atoms with E-state index >= 15 is 0 Å². The van der Waals surface area contributed by atoms with Crippen molar-refractivity contribution in [2.45, 2.75) is 0 Å². The first-order valence-corrected chi connectivity index (χ1v) is 8.42. The van der Waals surface area contributed by atoms with Crippen LogP contribution in [0.15, 0.2) is 34.9 Å². The maximum atomic E-state index is 6.18. The van der Waals surface area contributed by atoms with Crippen LogP contribution in [-0.2, 0) is 0 Å². The van der Waals surface area contributed by atoms with Crippen LogP contribution in [0.25, 0.3) is 10.9 Å². The van der Waals surface area contributed by atoms with Crippen LogP contribution < -0.4 is 25.0 Å². The maximum Gasteiger partial charge on any atom is 0.228 e. The Hall–Kier alpha value is -2.87. The van der Waals surface area contributed by atoms with Gasteiger partial charge in [0.15, 0.2) is 17.4 Å². The standard InChI is InChI=1S/C18H21N5O3.ClH/c1-24-14-10-12-13(11-15(14)25-2)20-18(21-17(12)19)23-7-5-22(6-8-23)16-4-3-9-26-16;/h3-4,9-11H,5-8H2,1-2H3,(H2,19,20,21);1H. The lowest BCUT2D eigenvalue weighted by Gasteiger charge is -2.34. The molecule has 0 atom stereocenters. The average molecular weight is 392 g/mol. The Morgan fingerprint density at radius 2 is 1.67 bits per heavy atom. The van der Waals surface area contributed by atoms with Crippen molar-refractivity contribution in [1.82, 2.24) is 9.97 Å². The van der Waals surface area contributed by atoms with Crippen LogP contribution in [0.2, 0.25) is 0 Å². The fourth-order valence-corrected chi connectivity index (χ4v) is 3.18. The molecule has 1 aromatic carbocycles. The Balaban J connectivity index is 0.00000210. The van der Waals surface area contributed by atoms with E-state index in [1.54, 1.807) is 20.5 Å². The molecule has 0 aliphatic carbocycles. The Morgan fingerprint density at radius 1 is 1.00 bits per heavy atom. The third-order valence-corrected chi connectivity index (χ3v) is 4.60. The Kier molecular flexibility index (Phi) is 5.46. The molecular formula is C18H22ClN5O3. The molecule has 0 saturated carbocycles. The van der Waals surface area contributed by atoms with E-state index in [-0.39, 0.29) is 12.4 Å². The first kappa shape index (κ1) is 18.9. The molecule has 3 heterocycles. The second kappa shape index (κ2) is 7.79. The predicted octanol–water partition coefficient (Wildman–Crippen LogP) is 2.57. The number of rotatable bonds is 4. The Morgan fingerprint density at radius 3 is 2.30 bits per heavy atom. The number of fused-ring (bicyclic) bond motifs is 1. The normalized spacial score (nSPS) is 14.1. The number of hydrogen-bond acceptors (Lipinski definition) is 8. The van der Waals surface area contributed by atoms with Crippen molar-refractivity contribution < 1.29 is 13.9 Å². The molecule has 1 fully saturated rings. The van der Waals surface area contributed by atoms with Crippen molar-refractivity contribution in [1.29, 1.82) is 0 Å². The molecule has 2 aromatic heterocycles. The summed E-state index contributed by atoms with van der Waals surface area (Å²) in [7, 11) is 3.19. The molecule has 1 aliphatic rings. The highest BCUT2D eigenvalue weighted by molar-refractivity contribution is 5.91. The first-order valence-electron chi connectivity index (χ1n) is 8.42. The van der Waals surface area contributed by atoms with E-state index in [1.807, 2.05) is 24.3 Å². The van der Waals surface area contributed by atoms with Gasteiger partial charge in [-0.2, -0.15) is 4.98 Å². The minimum atomic E-state index is 0. The summed E-state index contributed by atoms with van der Waals surface area (Å²) in [6, 6.07) is 7.51. The SMILES string of the molecule is COc1cc2nc(N3CCN(c4ccco4)CC3)nc(N)c2cc1OC.Cl. The summed E-state index contributed by atoms with van der Waals surface area (Å²) in [6.07, 6.45) is 1.69. The smallest absolute Gasteiger partial charge is 0.228 e. The van der Waals surface area contributed by atoms with Gasteiger partial charge in [-0.25, -0.2) is 4.98 Å². The van der Waals surface area contributed by atoms with Crippen molar-refractivity contribution in [3.63, 3.8) is 0 Å². The van der Waals surface area contributed by atoms with Crippen LogP contribution in [0.1, 0.15) is 0 Å². The number of aromatic nitrogens is 2. The summed E-state index contributed by atoms with van der Waals surface area (Å²) in [5, 5.41) is 0.751. The van der Waals surface area contributed by atoms with Crippen LogP contribution in [0.4, 0.5) is 17.7 Å². The minimum Gasteiger partial charge on any atom is -0.493 e. The lowest BCUT2D eigenvalue weighted by molar-refractivity contribution is 0.356. The van der Waals surface area contributed by atoms with Gasteiger partial charge in [-0.05, 0) is 12.1 Å². The molecule has 0 radical (unpaired) electrons. The van der Waals surface area contributed by atoms with E-state index in [2.05, 4.69) is 19.8 Å². The van der Waals surface area contributed by atoms with E-state index in [0.717, 1.165) is 43.0 Å². The van der Waals surface area contributed by atoms with E-state index in [1.165, 1.54) is 0 Å². The molecular weight excluding hydrogens is 370 g/mol. The third-order valence-electron chi connectivity index (χ3n) is 4.60. The number of hydrogen-bond donors (Lipinski definition) is 1. The van der Waals surface area contributed by atoms with Crippen molar-refractivity contribution >= 4 is 41.0 Å². The summed E-state index contributed by atoms with van der Waals surface area (Å²) in [6.45, 7) is 3.25. The number of ether oxygens (including phenoxy) is 2. The molecule has 2 N–H and O–H groups in total. The number of nitrogen functional groups attached to an aromatic ring is 1. The molecule has 0 unspecified atom stereocenters. The van der Waals surface area contributed by atoms with E-state index in [9.17, 15) is 0 Å². The summed E-state index contributed by atoms with van der Waals surface area (Å²) in [5.41, 5.74) is 6.92. The number of halogens is 1. The number of benzene rings is 1. The molecule has 3 aromatic rings. The van der Waals surface area contributed by atoms with Gasteiger partial charge in [0.1, 0.15) is 5.82 Å². The van der Waals surface area contributed by atoms with Crippen LogP contribution in [-0.4, -0.2) is 50.4 Å². The fraction of sp³-hybridized carbons (Fsp3) is 0.333. The van der Waals surface area contributed by atoms with Crippen molar-refractivity contribution in [3.8, 4) is 11.5 Å². The topological polar surface area (TPSA) is 89.9 Å². The predicted molar refractivity (Wildman–Crippen MR) is 107 cm³/mol. The minimum absolute atomic E-state index is 0. The monoisotopic (exact) mass is 391 g/mol. The lowest BCUT2D eigenvalue weighted by Crippen LogP contribution is -2.47. The van der Waals surface area contributed by atoms with Gasteiger partial charge in [-0.15, -0.1) is 12.4 Å². The van der Waals surface area contributed by atoms with Gasteiger partial charge in [0.2, 0.25) is 5.95 Å². The maximum absolute atomic E-state index is 6.18. The third kappa shape index (κ3) is 3.52. The van der Waals surface area contributed by atoms with Crippen molar-refractivity contribution in [2.75, 3.05) is 55.9 Å². The Bertz CT molecular complexity index is 911. The van der Waals surface area contributed by atoms with Crippen molar-refractivity contribution in [3.05, 3.63) is 30.5 Å². The van der Waals surface area contributed by atoms with Crippen LogP contribution in [0, 0.1) is 0 Å². The number of piperazine rings is 1.